The number of halogens is 3. The molecule has 0 spiro atoms. The molecule has 2 aromatic rings. The Morgan fingerprint density at radius 2 is 1.84 bits per heavy atom. The Morgan fingerprint density at radius 3 is 2.58 bits per heavy atom. The molecule has 1 saturated heterocycles. The minimum Gasteiger partial charge on any atom is -0.380 e. The maximum Gasteiger partial charge on any atom is 0.416 e. The smallest absolute Gasteiger partial charge is 0.380 e. The van der Waals surface area contributed by atoms with E-state index in [1.54, 1.807) is 19.4 Å². The van der Waals surface area contributed by atoms with E-state index < -0.39 is 11.7 Å². The van der Waals surface area contributed by atoms with Crippen LogP contribution in [0.4, 0.5) is 18.9 Å². The van der Waals surface area contributed by atoms with Gasteiger partial charge in [-0.25, -0.2) is 0 Å². The summed E-state index contributed by atoms with van der Waals surface area (Å²) in [7, 11) is 1.78. The molecule has 2 atom stereocenters. The molecule has 2 aliphatic heterocycles. The number of aromatic nitrogens is 2. The van der Waals surface area contributed by atoms with Gasteiger partial charge in [-0.05, 0) is 62.3 Å². The number of fused-ring (bicyclic) bond motifs is 1. The third kappa shape index (κ3) is 5.66. The van der Waals surface area contributed by atoms with Crippen molar-refractivity contribution in [3.63, 3.8) is 0 Å². The number of nitrogens with one attached hydrogen (secondary N) is 1. The molecule has 1 saturated carbocycles. The van der Waals surface area contributed by atoms with E-state index in [-0.39, 0.29) is 12.0 Å². The summed E-state index contributed by atoms with van der Waals surface area (Å²) in [6.07, 6.45) is 4.49. The van der Waals surface area contributed by atoms with E-state index in [4.69, 9.17) is 4.74 Å². The summed E-state index contributed by atoms with van der Waals surface area (Å²) in [4.78, 5) is 17.3. The van der Waals surface area contributed by atoms with Gasteiger partial charge in [0.1, 0.15) is 0 Å². The molecule has 206 valence electrons. The zero-order valence-corrected chi connectivity index (χ0v) is 22.1. The SMILES string of the molecule is CO[C@@H]1CCCC[C@@H]1NC1CCN(C(=O)c2nncc(N3CCc4ccc(C(F)(F)F)cc4C3)c2C)CC1. The van der Waals surface area contributed by atoms with Gasteiger partial charge in [-0.1, -0.05) is 18.9 Å². The van der Waals surface area contributed by atoms with Gasteiger partial charge < -0.3 is 19.9 Å². The van der Waals surface area contributed by atoms with Crippen molar-refractivity contribution in [3.8, 4) is 0 Å². The highest BCUT2D eigenvalue weighted by Gasteiger charge is 2.33. The minimum absolute atomic E-state index is 0.139. The van der Waals surface area contributed by atoms with Crippen LogP contribution in [-0.4, -0.2) is 65.9 Å². The third-order valence-corrected chi connectivity index (χ3v) is 8.40. The largest absolute Gasteiger partial charge is 0.416 e. The first-order valence-electron chi connectivity index (χ1n) is 13.6. The molecule has 0 radical (unpaired) electrons. The molecular weight excluding hydrogens is 495 g/mol. The molecule has 2 fully saturated rings. The lowest BCUT2D eigenvalue weighted by Gasteiger charge is -2.38. The number of amides is 1. The first-order chi connectivity index (χ1) is 18.2. The number of benzene rings is 1. The van der Waals surface area contributed by atoms with Gasteiger partial charge in [0, 0.05) is 50.9 Å². The second-order valence-corrected chi connectivity index (χ2v) is 10.8. The van der Waals surface area contributed by atoms with E-state index in [9.17, 15) is 18.0 Å². The number of nitrogens with zero attached hydrogens (tertiary/aromatic N) is 4. The number of hydrogen-bond acceptors (Lipinski definition) is 6. The molecule has 1 N–H and O–H groups in total. The average molecular weight is 532 g/mol. The summed E-state index contributed by atoms with van der Waals surface area (Å²) in [6.45, 7) is 4.10. The summed E-state index contributed by atoms with van der Waals surface area (Å²) in [5.41, 5.74) is 2.70. The zero-order valence-electron chi connectivity index (χ0n) is 22.1. The van der Waals surface area contributed by atoms with Crippen molar-refractivity contribution >= 4 is 11.6 Å². The average Bonchev–Trinajstić information content (AvgIpc) is 2.92. The van der Waals surface area contributed by atoms with Crippen LogP contribution in [0.5, 0.6) is 0 Å². The van der Waals surface area contributed by atoms with Gasteiger partial charge in [0.25, 0.3) is 5.91 Å². The fourth-order valence-corrected chi connectivity index (χ4v) is 6.17. The Morgan fingerprint density at radius 1 is 1.08 bits per heavy atom. The van der Waals surface area contributed by atoms with Gasteiger partial charge in [-0.15, -0.1) is 5.10 Å². The van der Waals surface area contributed by atoms with Crippen molar-refractivity contribution in [1.29, 1.82) is 0 Å². The molecule has 10 heteroatoms. The minimum atomic E-state index is -4.38. The highest BCUT2D eigenvalue weighted by molar-refractivity contribution is 5.95. The number of likely N-dealkylation sites (tertiary alicyclic amines) is 1. The second kappa shape index (κ2) is 11.2. The molecule has 7 nitrogen and oxygen atoms in total. The molecule has 1 aromatic heterocycles. The van der Waals surface area contributed by atoms with E-state index in [0.717, 1.165) is 43.0 Å². The molecule has 38 heavy (non-hydrogen) atoms. The number of hydrogen-bond donors (Lipinski definition) is 1. The fourth-order valence-electron chi connectivity index (χ4n) is 6.17. The van der Waals surface area contributed by atoms with Crippen molar-refractivity contribution < 1.29 is 22.7 Å². The standard InChI is InChI=1S/C28H36F3N5O2/c1-18-24(36-12-9-19-7-8-21(28(29,30)31)15-20(19)17-36)16-32-34-26(18)27(37)35-13-10-22(11-14-35)33-23-5-3-4-6-25(23)38-2/h7-8,15-16,22-23,25,33H,3-6,9-14,17H2,1-2H3/t23-,25+/m0/s1. The van der Waals surface area contributed by atoms with Crippen LogP contribution in [-0.2, 0) is 23.9 Å². The number of anilines is 1. The molecular formula is C28H36F3N5O2. The first kappa shape index (κ1) is 26.9. The number of rotatable bonds is 5. The maximum absolute atomic E-state index is 13.4. The van der Waals surface area contributed by atoms with Crippen LogP contribution in [0.2, 0.25) is 0 Å². The molecule has 1 amide bonds. The Labute approximate surface area is 221 Å². The Kier molecular flexibility index (Phi) is 7.90. The van der Waals surface area contributed by atoms with Gasteiger partial charge >= 0.3 is 6.18 Å². The van der Waals surface area contributed by atoms with Crippen LogP contribution in [0.15, 0.2) is 24.4 Å². The quantitative estimate of drug-likeness (QED) is 0.612. The number of methoxy groups -OCH3 is 1. The maximum atomic E-state index is 13.4. The van der Waals surface area contributed by atoms with Crippen molar-refractivity contribution in [2.75, 3.05) is 31.6 Å². The summed E-state index contributed by atoms with van der Waals surface area (Å²) < 4.78 is 45.4. The number of carbonyl (C=O) groups is 1. The lowest BCUT2D eigenvalue weighted by atomic mass is 9.90. The van der Waals surface area contributed by atoms with Gasteiger partial charge in [-0.2, -0.15) is 18.3 Å². The molecule has 3 aliphatic rings. The van der Waals surface area contributed by atoms with Crippen molar-refractivity contribution in [2.45, 2.75) is 82.8 Å². The number of carbonyl (C=O) groups excluding carboxylic acids is 1. The van der Waals surface area contributed by atoms with Crippen molar-refractivity contribution in [1.82, 2.24) is 20.4 Å². The van der Waals surface area contributed by atoms with Gasteiger partial charge in [0.05, 0.1) is 23.6 Å². The molecule has 0 unspecified atom stereocenters. The van der Waals surface area contributed by atoms with E-state index in [2.05, 4.69) is 15.5 Å². The predicted molar refractivity (Wildman–Crippen MR) is 138 cm³/mol. The molecule has 3 heterocycles. The van der Waals surface area contributed by atoms with E-state index in [1.807, 2.05) is 16.7 Å². The second-order valence-electron chi connectivity index (χ2n) is 10.8. The molecule has 1 aromatic carbocycles. The number of ether oxygens (including phenoxy) is 1. The van der Waals surface area contributed by atoms with Crippen molar-refractivity contribution in [2.24, 2.45) is 0 Å². The lowest BCUT2D eigenvalue weighted by Crippen LogP contribution is -2.52. The highest BCUT2D eigenvalue weighted by atomic mass is 19.4. The predicted octanol–water partition coefficient (Wildman–Crippen LogP) is 4.52. The van der Waals surface area contributed by atoms with Gasteiger partial charge in [0.2, 0.25) is 0 Å². The van der Waals surface area contributed by atoms with Crippen LogP contribution in [0.25, 0.3) is 0 Å². The van der Waals surface area contributed by atoms with Crippen LogP contribution in [0.1, 0.15) is 71.3 Å². The molecule has 5 rings (SSSR count). The van der Waals surface area contributed by atoms with Crippen LogP contribution in [0.3, 0.4) is 0 Å². The Hall–Kier alpha value is -2.72. The summed E-state index contributed by atoms with van der Waals surface area (Å²) in [6, 6.07) is 4.68. The van der Waals surface area contributed by atoms with Crippen LogP contribution in [0, 0.1) is 6.92 Å². The Balaban J connectivity index is 1.24. The summed E-state index contributed by atoms with van der Waals surface area (Å²) in [5, 5.41) is 12.1. The van der Waals surface area contributed by atoms with Crippen LogP contribution < -0.4 is 10.2 Å². The Bertz CT molecular complexity index is 1150. The molecule has 1 aliphatic carbocycles. The fraction of sp³-hybridized carbons (Fsp3) is 0.607. The topological polar surface area (TPSA) is 70.6 Å². The molecule has 0 bridgehead atoms. The van der Waals surface area contributed by atoms with Crippen molar-refractivity contribution in [3.05, 3.63) is 52.3 Å². The van der Waals surface area contributed by atoms with E-state index >= 15 is 0 Å². The monoisotopic (exact) mass is 531 g/mol. The number of alkyl halides is 3. The number of piperidine rings is 1. The van der Waals surface area contributed by atoms with Crippen LogP contribution >= 0.6 is 0 Å². The lowest BCUT2D eigenvalue weighted by molar-refractivity contribution is -0.137. The summed E-state index contributed by atoms with van der Waals surface area (Å²) in [5.74, 6) is -0.139. The third-order valence-electron chi connectivity index (χ3n) is 8.40. The van der Waals surface area contributed by atoms with E-state index in [0.29, 0.717) is 61.5 Å². The zero-order chi connectivity index (χ0) is 26.9. The normalized spacial score (nSPS) is 22.9. The highest BCUT2D eigenvalue weighted by Crippen LogP contribution is 2.34. The first-order valence-corrected chi connectivity index (χ1v) is 13.6. The van der Waals surface area contributed by atoms with E-state index in [1.165, 1.54) is 18.9 Å². The van der Waals surface area contributed by atoms with Gasteiger partial charge in [-0.3, -0.25) is 4.79 Å². The summed E-state index contributed by atoms with van der Waals surface area (Å²) >= 11 is 0. The van der Waals surface area contributed by atoms with Gasteiger partial charge in [0.15, 0.2) is 5.69 Å².